The third kappa shape index (κ3) is 9.36. The van der Waals surface area contributed by atoms with Gasteiger partial charge in [-0.1, -0.05) is 95.3 Å². The fourth-order valence-corrected chi connectivity index (χ4v) is 7.37. The molecule has 4 rings (SSSR count). The number of amides is 2. The molecule has 0 spiro atoms. The molecule has 1 aliphatic heterocycles. The van der Waals surface area contributed by atoms with Crippen LogP contribution in [0.25, 0.3) is 10.8 Å². The molecule has 3 aromatic rings. The Morgan fingerprint density at radius 1 is 0.978 bits per heavy atom. The standard InChI is InChI=1S/C35H48N4O5S/c1-25(2)23-38(45(43,44)29-18-17-27-14-9-10-15-28(27)21-29)24-32(40)31(20-26-12-7-6-8-13-26)39(33(41)22-35(3,4)5)37-34(42)30-16-11-19-36-30/h6-10,12-15,17-18,21,25,30-32,36,40H,11,16,19-20,22-24H2,1-5H3,(H,37,42)/t30?,31?,32-/m1/s1. The van der Waals surface area contributed by atoms with E-state index in [2.05, 4.69) is 10.7 Å². The second kappa shape index (κ2) is 14.9. The minimum atomic E-state index is -4.03. The number of benzene rings is 3. The molecule has 2 amide bonds. The second-order valence-electron chi connectivity index (χ2n) is 13.7. The number of hydrogen-bond donors (Lipinski definition) is 3. The highest BCUT2D eigenvalue weighted by Crippen LogP contribution is 2.26. The highest BCUT2D eigenvalue weighted by Gasteiger charge is 2.38. The van der Waals surface area contributed by atoms with Gasteiger partial charge in [-0.3, -0.25) is 15.0 Å². The Hall–Kier alpha value is -3.31. The van der Waals surface area contributed by atoms with Crippen LogP contribution >= 0.6 is 0 Å². The van der Waals surface area contributed by atoms with Crippen molar-refractivity contribution in [2.45, 2.75) is 83.4 Å². The molecule has 0 saturated carbocycles. The molecule has 1 aliphatic rings. The van der Waals surface area contributed by atoms with E-state index in [9.17, 15) is 23.1 Å². The number of fused-ring (bicyclic) bond motifs is 1. The van der Waals surface area contributed by atoms with Crippen molar-refractivity contribution in [1.29, 1.82) is 0 Å². The van der Waals surface area contributed by atoms with E-state index in [1.54, 1.807) is 18.2 Å². The maximum Gasteiger partial charge on any atom is 0.255 e. The van der Waals surface area contributed by atoms with Crippen molar-refractivity contribution in [3.8, 4) is 0 Å². The lowest BCUT2D eigenvalue weighted by molar-refractivity contribution is -0.150. The first kappa shape index (κ1) is 34.6. The molecule has 244 valence electrons. The Morgan fingerprint density at radius 3 is 2.27 bits per heavy atom. The van der Waals surface area contributed by atoms with Gasteiger partial charge in [0.05, 0.1) is 23.1 Å². The van der Waals surface area contributed by atoms with Crippen molar-refractivity contribution in [3.63, 3.8) is 0 Å². The molecule has 0 aliphatic carbocycles. The van der Waals surface area contributed by atoms with Gasteiger partial charge in [0.2, 0.25) is 15.9 Å². The van der Waals surface area contributed by atoms with Crippen LogP contribution in [0.15, 0.2) is 77.7 Å². The minimum Gasteiger partial charge on any atom is -0.390 e. The average Bonchev–Trinajstić information content (AvgIpc) is 3.53. The number of carbonyl (C=O) groups excluding carboxylic acids is 2. The van der Waals surface area contributed by atoms with E-state index in [0.717, 1.165) is 22.8 Å². The first-order chi connectivity index (χ1) is 21.2. The average molecular weight is 637 g/mol. The van der Waals surface area contributed by atoms with Crippen molar-refractivity contribution in [1.82, 2.24) is 20.1 Å². The van der Waals surface area contributed by atoms with Gasteiger partial charge in [0.1, 0.15) is 0 Å². The Kier molecular flexibility index (Phi) is 11.4. The molecule has 1 saturated heterocycles. The van der Waals surface area contributed by atoms with Crippen molar-refractivity contribution >= 4 is 32.6 Å². The summed E-state index contributed by atoms with van der Waals surface area (Å²) in [5.74, 6) is -0.726. The van der Waals surface area contributed by atoms with E-state index in [4.69, 9.17) is 0 Å². The monoisotopic (exact) mass is 636 g/mol. The number of hydrazine groups is 1. The molecule has 9 nitrogen and oxygen atoms in total. The smallest absolute Gasteiger partial charge is 0.255 e. The van der Waals surface area contributed by atoms with E-state index in [0.29, 0.717) is 13.0 Å². The summed E-state index contributed by atoms with van der Waals surface area (Å²) in [6.07, 6.45) is 0.502. The zero-order chi connectivity index (χ0) is 32.8. The third-order valence-corrected chi connectivity index (χ3v) is 9.77. The summed E-state index contributed by atoms with van der Waals surface area (Å²) in [4.78, 5) is 27.4. The molecule has 10 heteroatoms. The third-order valence-electron chi connectivity index (χ3n) is 7.94. The van der Waals surface area contributed by atoms with Crippen LogP contribution in [0.5, 0.6) is 0 Å². The molecular formula is C35H48N4O5S. The molecule has 3 aromatic carbocycles. The van der Waals surface area contributed by atoms with Gasteiger partial charge in [-0.15, -0.1) is 0 Å². The lowest BCUT2D eigenvalue weighted by Crippen LogP contribution is -2.61. The highest BCUT2D eigenvalue weighted by atomic mass is 32.2. The number of hydrogen-bond acceptors (Lipinski definition) is 6. The lowest BCUT2D eigenvalue weighted by atomic mass is 9.91. The molecule has 2 unspecified atom stereocenters. The van der Waals surface area contributed by atoms with Crippen LogP contribution in [0, 0.1) is 11.3 Å². The molecular weight excluding hydrogens is 588 g/mol. The van der Waals surface area contributed by atoms with E-state index >= 15 is 0 Å². The minimum absolute atomic E-state index is 0.0354. The van der Waals surface area contributed by atoms with Gasteiger partial charge in [-0.2, -0.15) is 4.31 Å². The zero-order valence-electron chi connectivity index (χ0n) is 27.1. The maximum absolute atomic E-state index is 14.1. The second-order valence-corrected chi connectivity index (χ2v) is 15.6. The van der Waals surface area contributed by atoms with Crippen LogP contribution in [0.2, 0.25) is 0 Å². The number of nitrogens with zero attached hydrogens (tertiary/aromatic N) is 2. The molecule has 0 aromatic heterocycles. The van der Waals surface area contributed by atoms with Crippen LogP contribution in [0.4, 0.5) is 0 Å². The van der Waals surface area contributed by atoms with Crippen LogP contribution in [-0.4, -0.2) is 72.5 Å². The number of carbonyl (C=O) groups is 2. The van der Waals surface area contributed by atoms with Gasteiger partial charge < -0.3 is 10.4 Å². The van der Waals surface area contributed by atoms with Gasteiger partial charge in [-0.25, -0.2) is 13.4 Å². The summed E-state index contributed by atoms with van der Waals surface area (Å²) in [5, 5.41) is 18.1. The van der Waals surface area contributed by atoms with Crippen molar-refractivity contribution in [2.24, 2.45) is 11.3 Å². The summed E-state index contributed by atoms with van der Waals surface area (Å²) in [6, 6.07) is 20.6. The van der Waals surface area contributed by atoms with Crippen LogP contribution in [0.1, 0.15) is 59.4 Å². The predicted molar refractivity (Wildman–Crippen MR) is 178 cm³/mol. The molecule has 3 N–H and O–H groups in total. The highest BCUT2D eigenvalue weighted by molar-refractivity contribution is 7.89. The first-order valence-corrected chi connectivity index (χ1v) is 17.3. The van der Waals surface area contributed by atoms with Gasteiger partial charge >= 0.3 is 0 Å². The zero-order valence-corrected chi connectivity index (χ0v) is 27.9. The number of aliphatic hydroxyl groups excluding tert-OH is 1. The molecule has 1 fully saturated rings. The quantitative estimate of drug-likeness (QED) is 0.252. The summed E-state index contributed by atoms with van der Waals surface area (Å²) < 4.78 is 29.6. The molecule has 45 heavy (non-hydrogen) atoms. The molecule has 1 heterocycles. The lowest BCUT2D eigenvalue weighted by Gasteiger charge is -2.38. The van der Waals surface area contributed by atoms with Gasteiger partial charge in [0.25, 0.3) is 5.91 Å². The Bertz CT molecular complexity index is 1550. The van der Waals surface area contributed by atoms with Crippen molar-refractivity contribution in [2.75, 3.05) is 19.6 Å². The van der Waals surface area contributed by atoms with Crippen molar-refractivity contribution < 1.29 is 23.1 Å². The summed E-state index contributed by atoms with van der Waals surface area (Å²) in [7, 11) is -4.03. The van der Waals surface area contributed by atoms with E-state index < -0.39 is 33.6 Å². The summed E-state index contributed by atoms with van der Waals surface area (Å²) >= 11 is 0. The van der Waals surface area contributed by atoms with Crippen LogP contribution in [-0.2, 0) is 26.0 Å². The number of aliphatic hydroxyl groups is 1. The van der Waals surface area contributed by atoms with Gasteiger partial charge in [0.15, 0.2) is 0 Å². The molecule has 0 bridgehead atoms. The Labute approximate surface area is 268 Å². The van der Waals surface area contributed by atoms with Gasteiger partial charge in [-0.05, 0) is 65.6 Å². The van der Waals surface area contributed by atoms with Crippen LogP contribution in [0.3, 0.4) is 0 Å². The largest absolute Gasteiger partial charge is 0.390 e. The first-order valence-electron chi connectivity index (χ1n) is 15.8. The van der Waals surface area contributed by atoms with Crippen molar-refractivity contribution in [3.05, 3.63) is 78.4 Å². The van der Waals surface area contributed by atoms with Crippen LogP contribution < -0.4 is 10.7 Å². The summed E-state index contributed by atoms with van der Waals surface area (Å²) in [6.45, 7) is 10.3. The van der Waals surface area contributed by atoms with E-state index in [-0.39, 0.29) is 48.6 Å². The Balaban J connectivity index is 1.71. The van der Waals surface area contributed by atoms with E-state index in [1.807, 2.05) is 89.2 Å². The normalized spacial score (nSPS) is 17.0. The number of sulfonamides is 1. The van der Waals surface area contributed by atoms with Gasteiger partial charge in [0, 0.05) is 19.5 Å². The predicted octanol–water partition coefficient (Wildman–Crippen LogP) is 4.51. The SMILES string of the molecule is CC(C)CN(C[C@@H](O)C(Cc1ccccc1)N(NC(=O)C1CCCN1)C(=O)CC(C)(C)C)S(=O)(=O)c1ccc2ccccc2c1. The Morgan fingerprint density at radius 2 is 1.64 bits per heavy atom. The topological polar surface area (TPSA) is 119 Å². The number of nitrogens with one attached hydrogen (secondary N) is 2. The summed E-state index contributed by atoms with van der Waals surface area (Å²) in [5.41, 5.74) is 3.29. The van der Waals surface area contributed by atoms with E-state index in [1.165, 1.54) is 9.31 Å². The number of rotatable bonds is 12. The fraction of sp³-hybridized carbons (Fsp3) is 0.486. The molecule has 0 radical (unpaired) electrons. The maximum atomic E-state index is 14.1. The fourth-order valence-electron chi connectivity index (χ4n) is 5.71. The molecule has 3 atom stereocenters.